The number of nitrogen functional groups attached to an aromatic ring is 1. The fraction of sp³-hybridized carbons (Fsp3) is 0.222. The molecule has 4 amide bonds. The average molecular weight is 859 g/mol. The van der Waals surface area contributed by atoms with E-state index in [-0.39, 0.29) is 74.1 Å². The lowest BCUT2D eigenvalue weighted by atomic mass is 10.0. The molecule has 0 saturated heterocycles. The van der Waals surface area contributed by atoms with Gasteiger partial charge in [-0.1, -0.05) is 91.0 Å². The van der Waals surface area contributed by atoms with Crippen LogP contribution in [0.25, 0.3) is 0 Å². The number of carboxylic acids is 1. The highest BCUT2D eigenvalue weighted by Gasteiger charge is 2.30. The molecular weight excluding hydrogens is 813 g/mol. The second-order valence-electron chi connectivity index (χ2n) is 14.9. The van der Waals surface area contributed by atoms with E-state index >= 15 is 0 Å². The smallest absolute Gasteiger partial charge is 0.335 e. The molecule has 62 heavy (non-hydrogen) atoms. The van der Waals surface area contributed by atoms with Crippen molar-refractivity contribution in [1.29, 1.82) is 5.41 Å². The minimum absolute atomic E-state index is 0.00626. The highest BCUT2D eigenvalue weighted by atomic mass is 32.2. The summed E-state index contributed by atoms with van der Waals surface area (Å²) < 4.78 is 29.8. The number of amides is 4. The van der Waals surface area contributed by atoms with Gasteiger partial charge in [0.25, 0.3) is 0 Å². The summed E-state index contributed by atoms with van der Waals surface area (Å²) in [7, 11) is -4.29. The predicted molar refractivity (Wildman–Crippen MR) is 230 cm³/mol. The second-order valence-corrected chi connectivity index (χ2v) is 16.6. The summed E-state index contributed by atoms with van der Waals surface area (Å²) in [4.78, 5) is 70.0. The Labute approximate surface area is 358 Å². The van der Waals surface area contributed by atoms with Gasteiger partial charge in [0, 0.05) is 43.0 Å². The van der Waals surface area contributed by atoms with Crippen molar-refractivity contribution in [3.63, 3.8) is 0 Å². The quantitative estimate of drug-likeness (QED) is 0.0791. The highest BCUT2D eigenvalue weighted by molar-refractivity contribution is 7.88. The van der Waals surface area contributed by atoms with Gasteiger partial charge in [0.1, 0.15) is 17.9 Å². The third-order valence-corrected chi connectivity index (χ3v) is 11.3. The van der Waals surface area contributed by atoms with Gasteiger partial charge in [-0.25, -0.2) is 17.9 Å². The van der Waals surface area contributed by atoms with Gasteiger partial charge >= 0.3 is 5.97 Å². The number of hydrogen-bond donors (Lipinski definition) is 8. The molecule has 0 unspecified atom stereocenters. The number of aromatic carboxylic acids is 1. The van der Waals surface area contributed by atoms with Crippen molar-refractivity contribution in [3.05, 3.63) is 171 Å². The maximum Gasteiger partial charge on any atom is 0.335 e. The normalized spacial score (nSPS) is 16.5. The number of amidine groups is 1. The monoisotopic (exact) mass is 858 g/mol. The van der Waals surface area contributed by atoms with Crippen LogP contribution in [0, 0.1) is 5.41 Å². The fourth-order valence-corrected chi connectivity index (χ4v) is 8.02. The number of sulfonamides is 1. The summed E-state index contributed by atoms with van der Waals surface area (Å²) in [6, 6.07) is 28.7. The molecule has 0 fully saturated rings. The van der Waals surface area contributed by atoms with E-state index < -0.39 is 45.6 Å². The lowest BCUT2D eigenvalue weighted by Gasteiger charge is -2.24. The largest absolute Gasteiger partial charge is 0.478 e. The van der Waals surface area contributed by atoms with Crippen molar-refractivity contribution in [2.75, 3.05) is 0 Å². The first-order valence-electron chi connectivity index (χ1n) is 19.7. The first kappa shape index (κ1) is 44.3. The van der Waals surface area contributed by atoms with E-state index in [1.165, 1.54) is 24.3 Å². The first-order chi connectivity index (χ1) is 29.7. The molecule has 3 aliphatic rings. The zero-order valence-corrected chi connectivity index (χ0v) is 34.3. The van der Waals surface area contributed by atoms with E-state index in [1.807, 2.05) is 0 Å². The first-order valence-corrected chi connectivity index (χ1v) is 21.3. The van der Waals surface area contributed by atoms with Gasteiger partial charge in [-0.2, -0.15) is 0 Å². The van der Waals surface area contributed by atoms with Gasteiger partial charge in [0.15, 0.2) is 0 Å². The SMILES string of the molecule is N=C(N)c1ccc(CNC(=O)[C@@H]2Cc3ccc(cc3)CNC(=O)Cc3cccc(n3)CC(=O)NCc3ccc(cc3)C[C@@H](NS(=O)(=O)Cc3cccc(C(=O)O)c3)C(=O)N2)cc1. The van der Waals surface area contributed by atoms with Crippen molar-refractivity contribution in [3.8, 4) is 0 Å². The van der Waals surface area contributed by atoms with Crippen LogP contribution in [0.2, 0.25) is 0 Å². The van der Waals surface area contributed by atoms with Crippen molar-refractivity contribution >= 4 is 45.5 Å². The Morgan fingerprint density at radius 3 is 1.84 bits per heavy atom. The molecule has 0 spiro atoms. The van der Waals surface area contributed by atoms with E-state index in [2.05, 4.69) is 31.0 Å². The molecule has 17 heteroatoms. The van der Waals surface area contributed by atoms with Crippen LogP contribution in [0.1, 0.15) is 60.7 Å². The summed E-state index contributed by atoms with van der Waals surface area (Å²) in [6.07, 6.45) is -0.125. The van der Waals surface area contributed by atoms with Gasteiger partial charge in [-0.05, 0) is 64.1 Å². The van der Waals surface area contributed by atoms with Gasteiger partial charge in [0.2, 0.25) is 33.7 Å². The van der Waals surface area contributed by atoms with Crippen molar-refractivity contribution in [2.24, 2.45) is 5.73 Å². The molecule has 320 valence electrons. The molecule has 6 bridgehead atoms. The summed E-state index contributed by atoms with van der Waals surface area (Å²) in [5, 5.41) is 28.5. The zero-order valence-electron chi connectivity index (χ0n) is 33.5. The molecule has 0 aliphatic carbocycles. The van der Waals surface area contributed by atoms with Crippen LogP contribution in [-0.2, 0) is 80.3 Å². The molecule has 3 aliphatic heterocycles. The molecule has 4 aromatic carbocycles. The van der Waals surface area contributed by atoms with Crippen LogP contribution >= 0.6 is 0 Å². The van der Waals surface area contributed by atoms with E-state index in [0.717, 1.165) is 11.1 Å². The Morgan fingerprint density at radius 2 is 1.27 bits per heavy atom. The van der Waals surface area contributed by atoms with Crippen LogP contribution in [0.5, 0.6) is 0 Å². The number of fused-ring (bicyclic) bond motifs is 2. The van der Waals surface area contributed by atoms with Crippen molar-refractivity contribution in [1.82, 2.24) is 31.0 Å². The second kappa shape index (κ2) is 20.3. The molecule has 9 N–H and O–H groups in total. The average Bonchev–Trinajstić information content (AvgIpc) is 3.24. The van der Waals surface area contributed by atoms with Gasteiger partial charge < -0.3 is 32.1 Å². The zero-order chi connectivity index (χ0) is 44.2. The van der Waals surface area contributed by atoms with Gasteiger partial charge in [0.05, 0.1) is 24.2 Å². The lowest BCUT2D eigenvalue weighted by Crippen LogP contribution is -2.55. The lowest BCUT2D eigenvalue weighted by molar-refractivity contribution is -0.129. The number of aromatic nitrogens is 1. The van der Waals surface area contributed by atoms with E-state index in [0.29, 0.717) is 33.6 Å². The highest BCUT2D eigenvalue weighted by Crippen LogP contribution is 2.15. The van der Waals surface area contributed by atoms with Crippen molar-refractivity contribution < 1.29 is 37.5 Å². The minimum Gasteiger partial charge on any atom is -0.478 e. The molecule has 16 nitrogen and oxygen atoms in total. The molecular formula is C45H46N8O8S. The Hall–Kier alpha value is -7.24. The molecule has 2 atom stereocenters. The number of benzene rings is 4. The summed E-state index contributed by atoms with van der Waals surface area (Å²) in [6.45, 7) is 0.442. The van der Waals surface area contributed by atoms with E-state index in [1.54, 1.807) is 91.0 Å². The summed E-state index contributed by atoms with van der Waals surface area (Å²) in [5.41, 5.74) is 10.6. The fourth-order valence-electron chi connectivity index (χ4n) is 6.70. The third kappa shape index (κ3) is 13.1. The Bertz CT molecular complexity index is 2570. The molecule has 4 heterocycles. The number of hydrogen-bond acceptors (Lipinski definition) is 9. The topological polar surface area (TPSA) is 263 Å². The molecule has 1 aromatic heterocycles. The molecule has 0 radical (unpaired) electrons. The Morgan fingerprint density at radius 1 is 0.726 bits per heavy atom. The maximum absolute atomic E-state index is 14.3. The number of rotatable bonds is 9. The number of carbonyl (C=O) groups is 5. The number of carboxylic acid groups (broad SMARTS) is 1. The van der Waals surface area contributed by atoms with Gasteiger partial charge in [-0.15, -0.1) is 0 Å². The Balaban J connectivity index is 1.29. The standard InChI is InChI=1S/C45H46N8O8S/c46-42(47)34-17-15-32(16-18-34)26-50-43(56)38-20-28-7-11-30(12-8-28)24-48-40(54)22-36-5-2-6-37(51-36)23-41(55)49-25-31-13-9-29(10-14-31)21-39(44(57)52-38)53-62(60,61)27-33-3-1-4-35(19-33)45(58)59/h1-19,38-39,53H,20-27H2,(H3,46,47)(H,48,54)(H,49,55)(H,50,56)(H,52,57)(H,58,59)/t38-,39+/m0/s1. The number of nitrogens with zero attached hydrogens (tertiary/aromatic N) is 1. The van der Waals surface area contributed by atoms with Crippen LogP contribution in [0.15, 0.2) is 115 Å². The van der Waals surface area contributed by atoms with E-state index in [4.69, 9.17) is 11.1 Å². The number of carbonyl (C=O) groups excluding carboxylic acids is 4. The van der Waals surface area contributed by atoms with Gasteiger partial charge in [-0.3, -0.25) is 29.6 Å². The minimum atomic E-state index is -4.29. The number of nitrogens with two attached hydrogens (primary N) is 1. The molecule has 0 saturated carbocycles. The van der Waals surface area contributed by atoms with E-state index in [9.17, 15) is 37.5 Å². The summed E-state index contributed by atoms with van der Waals surface area (Å²) in [5.74, 6) is -3.88. The maximum atomic E-state index is 14.3. The molecule has 8 rings (SSSR count). The molecule has 5 aromatic rings. The van der Waals surface area contributed by atoms with Crippen LogP contribution in [-0.4, -0.2) is 66.0 Å². The third-order valence-electron chi connectivity index (χ3n) is 9.99. The van der Waals surface area contributed by atoms with Crippen LogP contribution in [0.3, 0.4) is 0 Å². The number of pyridine rings is 1. The van der Waals surface area contributed by atoms with Crippen molar-refractivity contribution in [2.45, 2.75) is 63.2 Å². The number of nitrogens with one attached hydrogen (secondary N) is 6. The van der Waals surface area contributed by atoms with Crippen LogP contribution in [0.4, 0.5) is 0 Å². The van der Waals surface area contributed by atoms with Crippen LogP contribution < -0.4 is 31.7 Å². The predicted octanol–water partition coefficient (Wildman–Crippen LogP) is 2.17. The summed E-state index contributed by atoms with van der Waals surface area (Å²) >= 11 is 0. The Kier molecular flexibility index (Phi) is 14.5.